The van der Waals surface area contributed by atoms with Gasteiger partial charge in [0, 0.05) is 6.20 Å². The molecule has 1 aromatic carbocycles. The van der Waals surface area contributed by atoms with E-state index in [4.69, 9.17) is 5.73 Å². The first kappa shape index (κ1) is 10.4. The molecule has 0 aliphatic heterocycles. The highest BCUT2D eigenvalue weighted by Crippen LogP contribution is 2.22. The molecule has 82 valence electrons. The van der Waals surface area contributed by atoms with E-state index >= 15 is 0 Å². The van der Waals surface area contributed by atoms with Gasteiger partial charge in [-0.3, -0.25) is 0 Å². The average Bonchev–Trinajstić information content (AvgIpc) is 2.30. The van der Waals surface area contributed by atoms with E-state index in [0.717, 1.165) is 22.6 Å². The van der Waals surface area contributed by atoms with Gasteiger partial charge in [0.15, 0.2) is 0 Å². The van der Waals surface area contributed by atoms with E-state index in [1.54, 1.807) is 6.20 Å². The fraction of sp³-hybridized carbons (Fsp3) is 0.167. The zero-order valence-electron chi connectivity index (χ0n) is 9.14. The number of para-hydroxylation sites is 1. The minimum Gasteiger partial charge on any atom is -0.397 e. The largest absolute Gasteiger partial charge is 0.397 e. The summed E-state index contributed by atoms with van der Waals surface area (Å²) < 4.78 is 0. The summed E-state index contributed by atoms with van der Waals surface area (Å²) in [5.41, 5.74) is 9.70. The third kappa shape index (κ3) is 2.28. The minimum absolute atomic E-state index is 0.650. The summed E-state index contributed by atoms with van der Waals surface area (Å²) >= 11 is 0. The summed E-state index contributed by atoms with van der Waals surface area (Å²) in [4.78, 5) is 8.01. The molecular formula is C12H14N4. The monoisotopic (exact) mass is 214 g/mol. The van der Waals surface area contributed by atoms with E-state index in [2.05, 4.69) is 15.3 Å². The van der Waals surface area contributed by atoms with Crippen LogP contribution in [0.15, 0.2) is 36.8 Å². The molecule has 0 unspecified atom stereocenters. The number of anilines is 2. The Hall–Kier alpha value is -2.10. The molecule has 0 aliphatic rings. The number of hydrogen-bond donors (Lipinski definition) is 2. The van der Waals surface area contributed by atoms with E-state index in [0.29, 0.717) is 6.54 Å². The van der Waals surface area contributed by atoms with Crippen LogP contribution in [0.2, 0.25) is 0 Å². The van der Waals surface area contributed by atoms with Crippen LogP contribution in [-0.2, 0) is 6.54 Å². The van der Waals surface area contributed by atoms with Crippen LogP contribution in [0.4, 0.5) is 11.4 Å². The lowest BCUT2D eigenvalue weighted by Gasteiger charge is -2.11. The smallest absolute Gasteiger partial charge is 0.115 e. The van der Waals surface area contributed by atoms with E-state index in [9.17, 15) is 0 Å². The molecule has 0 amide bonds. The zero-order valence-corrected chi connectivity index (χ0v) is 9.14. The topological polar surface area (TPSA) is 63.8 Å². The van der Waals surface area contributed by atoms with Crippen molar-refractivity contribution in [1.29, 1.82) is 0 Å². The maximum Gasteiger partial charge on any atom is 0.115 e. The lowest BCUT2D eigenvalue weighted by molar-refractivity contribution is 1.00. The van der Waals surface area contributed by atoms with Crippen LogP contribution in [0, 0.1) is 6.92 Å². The summed E-state index contributed by atoms with van der Waals surface area (Å²) in [7, 11) is 0. The minimum atomic E-state index is 0.650. The van der Waals surface area contributed by atoms with Crippen molar-refractivity contribution in [3.05, 3.63) is 48.0 Å². The number of aromatic nitrogens is 2. The van der Waals surface area contributed by atoms with E-state index in [1.165, 1.54) is 6.33 Å². The molecule has 0 saturated heterocycles. The molecule has 0 aliphatic carbocycles. The summed E-state index contributed by atoms with van der Waals surface area (Å²) in [6.45, 7) is 2.68. The van der Waals surface area contributed by atoms with Crippen LogP contribution in [0.5, 0.6) is 0 Å². The number of nitrogen functional groups attached to an aromatic ring is 1. The van der Waals surface area contributed by atoms with Gasteiger partial charge in [-0.05, 0) is 24.6 Å². The lowest BCUT2D eigenvalue weighted by Crippen LogP contribution is -2.05. The van der Waals surface area contributed by atoms with Crippen LogP contribution in [-0.4, -0.2) is 9.97 Å². The van der Waals surface area contributed by atoms with Crippen molar-refractivity contribution in [3.63, 3.8) is 0 Å². The van der Waals surface area contributed by atoms with E-state index in [-0.39, 0.29) is 0 Å². The molecule has 0 fully saturated rings. The molecule has 16 heavy (non-hydrogen) atoms. The van der Waals surface area contributed by atoms with Gasteiger partial charge in [-0.15, -0.1) is 0 Å². The summed E-state index contributed by atoms with van der Waals surface area (Å²) in [6, 6.07) is 7.73. The van der Waals surface area contributed by atoms with Crippen LogP contribution in [0.1, 0.15) is 11.3 Å². The first-order chi connectivity index (χ1) is 7.77. The lowest BCUT2D eigenvalue weighted by atomic mass is 10.1. The van der Waals surface area contributed by atoms with Crippen molar-refractivity contribution in [3.8, 4) is 0 Å². The Morgan fingerprint density at radius 1 is 1.31 bits per heavy atom. The molecule has 3 N–H and O–H groups in total. The number of nitrogens with zero attached hydrogens (tertiary/aromatic N) is 2. The molecule has 2 rings (SSSR count). The quantitative estimate of drug-likeness (QED) is 0.767. The highest BCUT2D eigenvalue weighted by atomic mass is 14.9. The first-order valence-corrected chi connectivity index (χ1v) is 5.11. The van der Waals surface area contributed by atoms with Crippen LogP contribution in [0.25, 0.3) is 0 Å². The van der Waals surface area contributed by atoms with Crippen LogP contribution in [0.3, 0.4) is 0 Å². The van der Waals surface area contributed by atoms with Gasteiger partial charge in [0.2, 0.25) is 0 Å². The highest BCUT2D eigenvalue weighted by Gasteiger charge is 2.02. The highest BCUT2D eigenvalue weighted by molar-refractivity contribution is 5.69. The zero-order chi connectivity index (χ0) is 11.4. The molecule has 0 radical (unpaired) electrons. The summed E-state index contributed by atoms with van der Waals surface area (Å²) in [6.07, 6.45) is 3.27. The third-order valence-corrected chi connectivity index (χ3v) is 2.39. The number of nitrogens with two attached hydrogens (primary N) is 1. The van der Waals surface area contributed by atoms with Crippen molar-refractivity contribution >= 4 is 11.4 Å². The van der Waals surface area contributed by atoms with Crippen LogP contribution < -0.4 is 11.1 Å². The van der Waals surface area contributed by atoms with Gasteiger partial charge in [0.1, 0.15) is 6.33 Å². The predicted octanol–water partition coefficient (Wildman–Crippen LogP) is 1.98. The van der Waals surface area contributed by atoms with Crippen molar-refractivity contribution < 1.29 is 0 Å². The van der Waals surface area contributed by atoms with Crippen molar-refractivity contribution in [2.24, 2.45) is 0 Å². The fourth-order valence-electron chi connectivity index (χ4n) is 1.53. The van der Waals surface area contributed by atoms with Gasteiger partial charge in [0.05, 0.1) is 23.6 Å². The average molecular weight is 214 g/mol. The maximum atomic E-state index is 5.89. The molecule has 4 heteroatoms. The Balaban J connectivity index is 2.11. The molecule has 4 nitrogen and oxygen atoms in total. The van der Waals surface area contributed by atoms with E-state index in [1.807, 2.05) is 31.2 Å². The van der Waals surface area contributed by atoms with Gasteiger partial charge in [-0.1, -0.05) is 12.1 Å². The van der Waals surface area contributed by atoms with Gasteiger partial charge in [-0.25, -0.2) is 9.97 Å². The van der Waals surface area contributed by atoms with Gasteiger partial charge >= 0.3 is 0 Å². The summed E-state index contributed by atoms with van der Waals surface area (Å²) in [5, 5.41) is 3.28. The molecular weight excluding hydrogens is 200 g/mol. The molecule has 1 heterocycles. The molecule has 0 atom stereocenters. The van der Waals surface area contributed by atoms with Gasteiger partial charge < -0.3 is 11.1 Å². The second kappa shape index (κ2) is 4.61. The number of rotatable bonds is 3. The Morgan fingerprint density at radius 2 is 2.19 bits per heavy atom. The van der Waals surface area contributed by atoms with Gasteiger partial charge in [-0.2, -0.15) is 0 Å². The molecule has 1 aromatic heterocycles. The number of hydrogen-bond acceptors (Lipinski definition) is 4. The number of nitrogens with one attached hydrogen (secondary N) is 1. The third-order valence-electron chi connectivity index (χ3n) is 2.39. The Kier molecular flexibility index (Phi) is 3.00. The maximum absolute atomic E-state index is 5.89. The van der Waals surface area contributed by atoms with E-state index < -0.39 is 0 Å². The number of benzene rings is 1. The molecule has 2 aromatic rings. The second-order valence-electron chi connectivity index (χ2n) is 3.59. The fourth-order valence-corrected chi connectivity index (χ4v) is 1.53. The van der Waals surface area contributed by atoms with Gasteiger partial charge in [0.25, 0.3) is 0 Å². The molecule has 0 saturated carbocycles. The SMILES string of the molecule is Cc1cccc(N)c1NCc1ccncn1. The molecule has 0 spiro atoms. The standard InChI is InChI=1S/C12H14N4/c1-9-3-2-4-11(13)12(9)15-7-10-5-6-14-8-16-10/h2-6,8,15H,7,13H2,1H3. The first-order valence-electron chi connectivity index (χ1n) is 5.11. The Labute approximate surface area is 94.5 Å². The Bertz CT molecular complexity index is 447. The second-order valence-corrected chi connectivity index (χ2v) is 3.59. The normalized spacial score (nSPS) is 10.1. The Morgan fingerprint density at radius 3 is 2.88 bits per heavy atom. The molecule has 0 bridgehead atoms. The predicted molar refractivity (Wildman–Crippen MR) is 65.0 cm³/mol. The van der Waals surface area contributed by atoms with Crippen molar-refractivity contribution in [2.75, 3.05) is 11.1 Å². The van der Waals surface area contributed by atoms with Crippen LogP contribution >= 0.6 is 0 Å². The summed E-state index contributed by atoms with van der Waals surface area (Å²) in [5.74, 6) is 0. The van der Waals surface area contributed by atoms with Crippen molar-refractivity contribution in [1.82, 2.24) is 9.97 Å². The van der Waals surface area contributed by atoms with Crippen molar-refractivity contribution in [2.45, 2.75) is 13.5 Å². The number of aryl methyl sites for hydroxylation is 1.